The maximum absolute atomic E-state index is 12.8. The number of aromatic nitrogens is 3. The van der Waals surface area contributed by atoms with Gasteiger partial charge in [-0.05, 0) is 24.3 Å². The van der Waals surface area contributed by atoms with Crippen molar-refractivity contribution >= 4 is 34.1 Å². The number of pyridine rings is 1. The van der Waals surface area contributed by atoms with E-state index in [4.69, 9.17) is 11.6 Å². The molecule has 5 nitrogen and oxygen atoms in total. The van der Waals surface area contributed by atoms with Crippen LogP contribution in [-0.2, 0) is 6.18 Å². The molecule has 0 aliphatic heterocycles. The lowest BCUT2D eigenvalue weighted by atomic mass is 10.2. The summed E-state index contributed by atoms with van der Waals surface area (Å²) in [6.45, 7) is 0. The van der Waals surface area contributed by atoms with Gasteiger partial charge in [-0.2, -0.15) is 18.3 Å². The largest absolute Gasteiger partial charge is 0.417 e. The Bertz CT molecular complexity index is 891. The van der Waals surface area contributed by atoms with Crippen molar-refractivity contribution in [2.75, 3.05) is 5.32 Å². The molecule has 0 saturated carbocycles. The zero-order valence-corrected chi connectivity index (χ0v) is 12.0. The van der Waals surface area contributed by atoms with Gasteiger partial charge in [-0.1, -0.05) is 11.6 Å². The molecule has 0 atom stereocenters. The zero-order valence-electron chi connectivity index (χ0n) is 11.3. The van der Waals surface area contributed by atoms with Crippen LogP contribution >= 0.6 is 11.6 Å². The molecule has 0 saturated heterocycles. The van der Waals surface area contributed by atoms with Crippen LogP contribution in [0.5, 0.6) is 0 Å². The second kappa shape index (κ2) is 5.54. The van der Waals surface area contributed by atoms with Gasteiger partial charge < -0.3 is 5.32 Å². The molecule has 0 aliphatic carbocycles. The van der Waals surface area contributed by atoms with Crippen LogP contribution in [0, 0.1) is 0 Å². The first-order valence-corrected chi connectivity index (χ1v) is 6.70. The number of fused-ring (bicyclic) bond motifs is 1. The number of rotatable bonds is 2. The van der Waals surface area contributed by atoms with E-state index in [1.54, 1.807) is 6.07 Å². The summed E-state index contributed by atoms with van der Waals surface area (Å²) in [5, 5.41) is 8.90. The lowest BCUT2D eigenvalue weighted by Crippen LogP contribution is -2.14. The van der Waals surface area contributed by atoms with Gasteiger partial charge in [0.1, 0.15) is 0 Å². The summed E-state index contributed by atoms with van der Waals surface area (Å²) in [5.41, 5.74) is -0.425. The van der Waals surface area contributed by atoms with E-state index >= 15 is 0 Å². The molecule has 0 unspecified atom stereocenters. The van der Waals surface area contributed by atoms with Crippen molar-refractivity contribution in [3.05, 3.63) is 52.9 Å². The Morgan fingerprint density at radius 1 is 1.26 bits per heavy atom. The van der Waals surface area contributed by atoms with Crippen molar-refractivity contribution in [2.24, 2.45) is 0 Å². The van der Waals surface area contributed by atoms with Gasteiger partial charge in [0.25, 0.3) is 5.91 Å². The molecule has 118 valence electrons. The van der Waals surface area contributed by atoms with Gasteiger partial charge in [-0.25, -0.2) is 0 Å². The van der Waals surface area contributed by atoms with Gasteiger partial charge in [0.05, 0.1) is 21.5 Å². The summed E-state index contributed by atoms with van der Waals surface area (Å²) in [5.74, 6) is -0.653. The third-order valence-corrected chi connectivity index (χ3v) is 3.44. The molecule has 0 spiro atoms. The fourth-order valence-corrected chi connectivity index (χ4v) is 2.27. The van der Waals surface area contributed by atoms with Crippen molar-refractivity contribution in [1.29, 1.82) is 0 Å². The average Bonchev–Trinajstić information content (AvgIpc) is 2.92. The number of H-pyrrole nitrogens is 1. The van der Waals surface area contributed by atoms with Crippen LogP contribution in [0.4, 0.5) is 18.9 Å². The number of nitrogens with zero attached hydrogens (tertiary/aromatic N) is 2. The van der Waals surface area contributed by atoms with Crippen molar-refractivity contribution in [3.8, 4) is 0 Å². The van der Waals surface area contributed by atoms with Crippen molar-refractivity contribution in [1.82, 2.24) is 15.2 Å². The van der Waals surface area contributed by atoms with Crippen LogP contribution in [0.25, 0.3) is 10.9 Å². The van der Waals surface area contributed by atoms with Crippen LogP contribution in [0.1, 0.15) is 16.1 Å². The van der Waals surface area contributed by atoms with E-state index in [2.05, 4.69) is 20.5 Å². The minimum absolute atomic E-state index is 0.0354. The van der Waals surface area contributed by atoms with E-state index in [1.165, 1.54) is 18.5 Å². The van der Waals surface area contributed by atoms with Crippen molar-refractivity contribution < 1.29 is 18.0 Å². The third kappa shape index (κ3) is 2.98. The molecule has 9 heteroatoms. The Labute approximate surface area is 132 Å². The molecule has 0 bridgehead atoms. The van der Waals surface area contributed by atoms with Crippen LogP contribution in [-0.4, -0.2) is 21.1 Å². The van der Waals surface area contributed by atoms with Gasteiger partial charge >= 0.3 is 6.18 Å². The molecule has 2 heterocycles. The van der Waals surface area contributed by atoms with E-state index in [9.17, 15) is 18.0 Å². The lowest BCUT2D eigenvalue weighted by Gasteiger charge is -2.11. The minimum Gasteiger partial charge on any atom is -0.321 e. The number of nitrogens with one attached hydrogen (secondary N) is 2. The Kier molecular flexibility index (Phi) is 3.69. The van der Waals surface area contributed by atoms with Crippen LogP contribution in [0.2, 0.25) is 5.02 Å². The Morgan fingerprint density at radius 2 is 2.04 bits per heavy atom. The highest BCUT2D eigenvalue weighted by Crippen LogP contribution is 2.36. The average molecular weight is 341 g/mol. The van der Waals surface area contributed by atoms with Crippen LogP contribution < -0.4 is 5.32 Å². The molecule has 3 rings (SSSR count). The molecular weight excluding hydrogens is 333 g/mol. The summed E-state index contributed by atoms with van der Waals surface area (Å²) < 4.78 is 38.5. The van der Waals surface area contributed by atoms with Crippen molar-refractivity contribution in [3.63, 3.8) is 0 Å². The SMILES string of the molecule is O=C(Nc1ccc(Cl)c(C(F)(F)F)c1)c1n[nH]c2ccncc12. The minimum atomic E-state index is -4.61. The van der Waals surface area contributed by atoms with E-state index in [0.717, 1.165) is 12.1 Å². The van der Waals surface area contributed by atoms with E-state index in [0.29, 0.717) is 10.9 Å². The maximum Gasteiger partial charge on any atom is 0.417 e. The highest BCUT2D eigenvalue weighted by molar-refractivity contribution is 6.31. The second-order valence-corrected chi connectivity index (χ2v) is 5.05. The molecular formula is C14H8ClF3N4O. The van der Waals surface area contributed by atoms with E-state index < -0.39 is 22.7 Å². The van der Waals surface area contributed by atoms with Crippen LogP contribution in [0.15, 0.2) is 36.7 Å². The topological polar surface area (TPSA) is 70.7 Å². The second-order valence-electron chi connectivity index (χ2n) is 4.64. The number of anilines is 1. The number of hydrogen-bond acceptors (Lipinski definition) is 3. The molecule has 23 heavy (non-hydrogen) atoms. The molecule has 2 aromatic heterocycles. The predicted molar refractivity (Wildman–Crippen MR) is 78.3 cm³/mol. The molecule has 0 fully saturated rings. The number of alkyl halides is 3. The fourth-order valence-electron chi connectivity index (χ4n) is 2.04. The summed E-state index contributed by atoms with van der Waals surface area (Å²) in [4.78, 5) is 16.1. The summed E-state index contributed by atoms with van der Waals surface area (Å²) in [7, 11) is 0. The number of aromatic amines is 1. The number of halogens is 4. The number of carbonyl (C=O) groups excluding carboxylic acids is 1. The van der Waals surface area contributed by atoms with Gasteiger partial charge in [-0.3, -0.25) is 14.9 Å². The monoisotopic (exact) mass is 340 g/mol. The van der Waals surface area contributed by atoms with Gasteiger partial charge in [-0.15, -0.1) is 0 Å². The first-order valence-electron chi connectivity index (χ1n) is 6.32. The molecule has 1 aromatic carbocycles. The summed E-state index contributed by atoms with van der Waals surface area (Å²) in [6, 6.07) is 4.75. The highest BCUT2D eigenvalue weighted by Gasteiger charge is 2.33. The Hall–Kier alpha value is -2.61. The predicted octanol–water partition coefficient (Wildman–Crippen LogP) is 3.88. The normalized spacial score (nSPS) is 11.7. The van der Waals surface area contributed by atoms with Gasteiger partial charge in [0, 0.05) is 18.1 Å². The zero-order chi connectivity index (χ0) is 16.6. The third-order valence-electron chi connectivity index (χ3n) is 3.11. The smallest absolute Gasteiger partial charge is 0.321 e. The molecule has 1 amide bonds. The number of hydrogen-bond donors (Lipinski definition) is 2. The molecule has 3 aromatic rings. The maximum atomic E-state index is 12.8. The molecule has 0 aliphatic rings. The van der Waals surface area contributed by atoms with Crippen molar-refractivity contribution in [2.45, 2.75) is 6.18 Å². The van der Waals surface area contributed by atoms with Crippen LogP contribution in [0.3, 0.4) is 0 Å². The molecule has 2 N–H and O–H groups in total. The van der Waals surface area contributed by atoms with Gasteiger partial charge in [0.2, 0.25) is 0 Å². The van der Waals surface area contributed by atoms with E-state index in [-0.39, 0.29) is 11.4 Å². The molecule has 0 radical (unpaired) electrons. The van der Waals surface area contributed by atoms with Gasteiger partial charge in [0.15, 0.2) is 5.69 Å². The Balaban J connectivity index is 1.92. The number of benzene rings is 1. The highest BCUT2D eigenvalue weighted by atomic mass is 35.5. The Morgan fingerprint density at radius 3 is 2.78 bits per heavy atom. The standard InChI is InChI=1S/C14H8ClF3N4O/c15-10-2-1-7(5-9(10)14(16,17)18)20-13(23)12-8-6-19-4-3-11(8)21-22-12/h1-6H,(H,20,23)(H,21,22). The first-order chi connectivity index (χ1) is 10.9. The quantitative estimate of drug-likeness (QED) is 0.743. The number of carbonyl (C=O) groups is 1. The fraction of sp³-hybridized carbons (Fsp3) is 0.0714. The lowest BCUT2D eigenvalue weighted by molar-refractivity contribution is -0.137. The summed E-state index contributed by atoms with van der Waals surface area (Å²) in [6.07, 6.45) is -1.64. The number of amides is 1. The summed E-state index contributed by atoms with van der Waals surface area (Å²) >= 11 is 5.54. The van der Waals surface area contributed by atoms with E-state index in [1.807, 2.05) is 0 Å². The first kappa shape index (κ1) is 15.3.